The molecule has 1 heterocycles. The van der Waals surface area contributed by atoms with Gasteiger partial charge in [-0.25, -0.2) is 8.42 Å². The van der Waals surface area contributed by atoms with E-state index in [-0.39, 0.29) is 17.5 Å². The number of halogens is 1. The lowest BCUT2D eigenvalue weighted by molar-refractivity contribution is 0.165. The summed E-state index contributed by atoms with van der Waals surface area (Å²) in [7, 11) is -3.08. The topological polar surface area (TPSA) is 66.4 Å². The molecule has 4 nitrogen and oxygen atoms in total. The maximum absolute atomic E-state index is 11.3. The van der Waals surface area contributed by atoms with Crippen LogP contribution in [0.4, 0.5) is 0 Å². The van der Waals surface area contributed by atoms with Gasteiger partial charge in [0, 0.05) is 17.1 Å². The molecule has 1 aromatic rings. The Morgan fingerprint density at radius 3 is 2.76 bits per heavy atom. The molecule has 0 aliphatic carbocycles. The van der Waals surface area contributed by atoms with Gasteiger partial charge in [0.1, 0.15) is 0 Å². The highest BCUT2D eigenvalue weighted by molar-refractivity contribution is 9.10. The summed E-state index contributed by atoms with van der Waals surface area (Å²) in [5.41, 5.74) is 1.05. The van der Waals surface area contributed by atoms with Crippen LogP contribution in [0.2, 0.25) is 0 Å². The third kappa shape index (κ3) is 3.51. The van der Waals surface area contributed by atoms with Crippen molar-refractivity contribution >= 4 is 25.8 Å². The van der Waals surface area contributed by atoms with Gasteiger partial charge in [-0.2, -0.15) is 0 Å². The van der Waals surface area contributed by atoms with Crippen molar-refractivity contribution in [3.05, 3.63) is 34.3 Å². The van der Waals surface area contributed by atoms with Crippen LogP contribution < -0.4 is 5.32 Å². The minimum atomic E-state index is -3.08. The second-order valence-electron chi connectivity index (χ2n) is 4.26. The van der Waals surface area contributed by atoms with E-state index in [9.17, 15) is 13.5 Å². The van der Waals surface area contributed by atoms with Crippen LogP contribution in [0.15, 0.2) is 28.7 Å². The van der Waals surface area contributed by atoms with Gasteiger partial charge in [0.05, 0.1) is 17.6 Å². The molecular formula is C11H14BrNO3S. The summed E-state index contributed by atoms with van der Waals surface area (Å²) in [5.74, 6) is -0.120. The van der Waals surface area contributed by atoms with Crippen molar-refractivity contribution < 1.29 is 13.5 Å². The number of nitrogens with one attached hydrogen (secondary N) is 1. The number of hydrogen-bond donors (Lipinski definition) is 2. The number of benzene rings is 1. The fourth-order valence-electron chi connectivity index (χ4n) is 1.92. The van der Waals surface area contributed by atoms with Gasteiger partial charge in [-0.3, -0.25) is 0 Å². The third-order valence-corrected chi connectivity index (χ3v) is 4.99. The summed E-state index contributed by atoms with van der Waals surface area (Å²) < 4.78 is 23.6. The van der Waals surface area contributed by atoms with Crippen molar-refractivity contribution in [3.8, 4) is 0 Å². The van der Waals surface area contributed by atoms with Crippen LogP contribution in [0.3, 0.4) is 0 Å². The molecule has 1 saturated heterocycles. The monoisotopic (exact) mass is 319 g/mol. The van der Waals surface area contributed by atoms with Crippen molar-refractivity contribution in [1.82, 2.24) is 5.32 Å². The number of aliphatic hydroxyl groups excluding tert-OH is 1. The highest BCUT2D eigenvalue weighted by atomic mass is 79.9. The summed E-state index contributed by atoms with van der Waals surface area (Å²) in [4.78, 5) is 0. The molecule has 2 rings (SSSR count). The van der Waals surface area contributed by atoms with E-state index in [0.29, 0.717) is 6.54 Å². The minimum Gasteiger partial charge on any atom is -0.390 e. The first-order valence-corrected chi connectivity index (χ1v) is 7.94. The van der Waals surface area contributed by atoms with Crippen molar-refractivity contribution in [2.24, 2.45) is 0 Å². The quantitative estimate of drug-likeness (QED) is 0.860. The van der Waals surface area contributed by atoms with Gasteiger partial charge in [-0.15, -0.1) is 0 Å². The summed E-state index contributed by atoms with van der Waals surface area (Å²) in [6.45, 7) is 0.552. The molecule has 17 heavy (non-hydrogen) atoms. The van der Waals surface area contributed by atoms with Gasteiger partial charge in [0.25, 0.3) is 0 Å². The van der Waals surface area contributed by atoms with E-state index in [1.807, 2.05) is 24.3 Å². The van der Waals surface area contributed by atoms with Crippen molar-refractivity contribution in [2.75, 3.05) is 11.5 Å². The van der Waals surface area contributed by atoms with E-state index in [2.05, 4.69) is 21.2 Å². The lowest BCUT2D eigenvalue weighted by Crippen LogP contribution is -2.38. The van der Waals surface area contributed by atoms with Gasteiger partial charge in [-0.1, -0.05) is 28.1 Å². The lowest BCUT2D eigenvalue weighted by Gasteiger charge is -2.14. The molecule has 1 aliphatic rings. The second-order valence-corrected chi connectivity index (χ2v) is 7.33. The van der Waals surface area contributed by atoms with E-state index in [0.717, 1.165) is 10.0 Å². The van der Waals surface area contributed by atoms with Crippen molar-refractivity contribution in [3.63, 3.8) is 0 Å². The molecule has 6 heteroatoms. The first-order chi connectivity index (χ1) is 7.96. The van der Waals surface area contributed by atoms with Crippen LogP contribution in [0.25, 0.3) is 0 Å². The second kappa shape index (κ2) is 5.06. The average Bonchev–Trinajstić information content (AvgIpc) is 2.49. The standard InChI is InChI=1S/C11H14BrNO3S/c12-9-3-1-2-8(4-9)5-13-10-6-17(15,16)7-11(10)14/h1-4,10-11,13-14H,5-7H2. The zero-order valence-corrected chi connectivity index (χ0v) is 11.5. The molecule has 2 unspecified atom stereocenters. The van der Waals surface area contributed by atoms with Gasteiger partial charge >= 0.3 is 0 Å². The van der Waals surface area contributed by atoms with Crippen molar-refractivity contribution in [1.29, 1.82) is 0 Å². The minimum absolute atomic E-state index is 0.0160. The Kier molecular flexibility index (Phi) is 3.87. The number of aliphatic hydroxyl groups is 1. The molecule has 1 aromatic carbocycles. The van der Waals surface area contributed by atoms with E-state index in [1.165, 1.54) is 0 Å². The Labute approximate surface area is 109 Å². The fourth-order valence-corrected chi connectivity index (χ4v) is 4.14. The maximum Gasteiger partial charge on any atom is 0.154 e. The van der Waals surface area contributed by atoms with Gasteiger partial charge in [-0.05, 0) is 17.7 Å². The molecular weight excluding hydrogens is 306 g/mol. The van der Waals surface area contributed by atoms with Crippen LogP contribution in [0.5, 0.6) is 0 Å². The molecule has 94 valence electrons. The lowest BCUT2D eigenvalue weighted by atomic mass is 10.2. The Bertz CT molecular complexity index is 503. The largest absolute Gasteiger partial charge is 0.390 e. The Morgan fingerprint density at radius 2 is 2.18 bits per heavy atom. The highest BCUT2D eigenvalue weighted by Gasteiger charge is 2.35. The molecule has 0 radical (unpaired) electrons. The van der Waals surface area contributed by atoms with Crippen molar-refractivity contribution in [2.45, 2.75) is 18.7 Å². The molecule has 0 saturated carbocycles. The number of hydrogen-bond acceptors (Lipinski definition) is 4. The van der Waals surface area contributed by atoms with Crippen LogP contribution in [-0.4, -0.2) is 37.2 Å². The summed E-state index contributed by atoms with van der Waals surface area (Å²) >= 11 is 3.37. The van der Waals surface area contributed by atoms with E-state index >= 15 is 0 Å². The van der Waals surface area contributed by atoms with Crippen LogP contribution in [0.1, 0.15) is 5.56 Å². The van der Waals surface area contributed by atoms with E-state index in [1.54, 1.807) is 0 Å². The molecule has 0 aromatic heterocycles. The van der Waals surface area contributed by atoms with Crippen LogP contribution >= 0.6 is 15.9 Å². The normalized spacial score (nSPS) is 27.2. The molecule has 0 bridgehead atoms. The maximum atomic E-state index is 11.3. The molecule has 1 fully saturated rings. The fraction of sp³-hybridized carbons (Fsp3) is 0.455. The highest BCUT2D eigenvalue weighted by Crippen LogP contribution is 2.15. The Balaban J connectivity index is 1.95. The predicted molar refractivity (Wildman–Crippen MR) is 69.4 cm³/mol. The zero-order valence-electron chi connectivity index (χ0n) is 9.14. The molecule has 0 amide bonds. The predicted octanol–water partition coefficient (Wildman–Crippen LogP) is 0.697. The van der Waals surface area contributed by atoms with Gasteiger partial charge in [0.2, 0.25) is 0 Å². The Hall–Kier alpha value is -0.430. The summed E-state index contributed by atoms with van der Waals surface area (Å²) in [6.07, 6.45) is -0.799. The number of rotatable bonds is 3. The first-order valence-electron chi connectivity index (χ1n) is 5.32. The Morgan fingerprint density at radius 1 is 1.41 bits per heavy atom. The zero-order chi connectivity index (χ0) is 12.5. The van der Waals surface area contributed by atoms with Crippen LogP contribution in [-0.2, 0) is 16.4 Å². The average molecular weight is 320 g/mol. The van der Waals surface area contributed by atoms with Gasteiger partial charge < -0.3 is 10.4 Å². The number of sulfone groups is 1. The molecule has 1 aliphatic heterocycles. The smallest absolute Gasteiger partial charge is 0.154 e. The molecule has 2 N–H and O–H groups in total. The van der Waals surface area contributed by atoms with E-state index < -0.39 is 15.9 Å². The third-order valence-electron chi connectivity index (χ3n) is 2.78. The molecule has 0 spiro atoms. The molecule has 2 atom stereocenters. The SMILES string of the molecule is O=S1(=O)CC(O)C(NCc2cccc(Br)c2)C1. The van der Waals surface area contributed by atoms with Gasteiger partial charge in [0.15, 0.2) is 9.84 Å². The summed E-state index contributed by atoms with van der Waals surface area (Å²) in [6, 6.07) is 7.40. The van der Waals surface area contributed by atoms with Crippen LogP contribution in [0, 0.1) is 0 Å². The first kappa shape index (κ1) is 13.0. The summed E-state index contributed by atoms with van der Waals surface area (Å²) in [5, 5.41) is 12.7. The van der Waals surface area contributed by atoms with E-state index in [4.69, 9.17) is 0 Å².